The van der Waals surface area contributed by atoms with Gasteiger partial charge in [0.1, 0.15) is 0 Å². The standard InChI is InChI=1S/C38H78S2/c1-3-5-7-9-11-13-15-17-19-21-23-25-27-29-31-33-35-37-39-40-38-36-34-32-30-28-26-24-22-20-18-16-14-12-10-8-6-4-2/h3-38H2,1-2H3. The third kappa shape index (κ3) is 38.7. The molecule has 0 amide bonds. The zero-order valence-electron chi connectivity index (χ0n) is 28.3. The Hall–Kier alpha value is 0.700. The summed E-state index contributed by atoms with van der Waals surface area (Å²) in [6.07, 6.45) is 50.0. The number of unbranched alkanes of at least 4 members (excludes halogenated alkanes) is 32. The Morgan fingerprint density at radius 1 is 0.200 bits per heavy atom. The Bertz CT molecular complexity index is 372. The van der Waals surface area contributed by atoms with Crippen molar-refractivity contribution in [3.05, 3.63) is 0 Å². The van der Waals surface area contributed by atoms with Crippen LogP contribution in [0.5, 0.6) is 0 Å². The van der Waals surface area contributed by atoms with E-state index >= 15 is 0 Å². The SMILES string of the molecule is CCCCCCCCCCCCCCCCCCCSSCCCCCCCCCCCCCCCCCCC. The van der Waals surface area contributed by atoms with E-state index in [1.54, 1.807) is 0 Å². The first-order chi connectivity index (χ1) is 19.9. The van der Waals surface area contributed by atoms with Gasteiger partial charge in [0.2, 0.25) is 0 Å². The summed E-state index contributed by atoms with van der Waals surface area (Å²) in [7, 11) is 4.29. The van der Waals surface area contributed by atoms with E-state index in [0.717, 1.165) is 0 Å². The minimum absolute atomic E-state index is 1.37. The second kappa shape index (κ2) is 39.7. The van der Waals surface area contributed by atoms with E-state index in [9.17, 15) is 0 Å². The highest BCUT2D eigenvalue weighted by atomic mass is 33.1. The van der Waals surface area contributed by atoms with Crippen molar-refractivity contribution in [3.63, 3.8) is 0 Å². The number of hydrogen-bond donors (Lipinski definition) is 0. The van der Waals surface area contributed by atoms with Crippen LogP contribution in [0.3, 0.4) is 0 Å². The van der Waals surface area contributed by atoms with Crippen molar-refractivity contribution in [3.8, 4) is 0 Å². The fraction of sp³-hybridized carbons (Fsp3) is 1.00. The molecule has 0 aliphatic rings. The van der Waals surface area contributed by atoms with Crippen molar-refractivity contribution in [2.24, 2.45) is 0 Å². The molecule has 0 fully saturated rings. The van der Waals surface area contributed by atoms with Crippen LogP contribution in [-0.2, 0) is 0 Å². The van der Waals surface area contributed by atoms with Crippen LogP contribution in [0, 0.1) is 0 Å². The van der Waals surface area contributed by atoms with E-state index < -0.39 is 0 Å². The monoisotopic (exact) mass is 599 g/mol. The molecule has 0 saturated carbocycles. The Morgan fingerprint density at radius 2 is 0.350 bits per heavy atom. The third-order valence-corrected chi connectivity index (χ3v) is 11.3. The van der Waals surface area contributed by atoms with Crippen LogP contribution in [0.1, 0.15) is 232 Å². The lowest BCUT2D eigenvalue weighted by atomic mass is 10.0. The molecule has 0 aromatic rings. The van der Waals surface area contributed by atoms with Crippen LogP contribution in [0.4, 0.5) is 0 Å². The Kier molecular flexibility index (Phi) is 40.4. The molecule has 0 aromatic heterocycles. The molecule has 0 aromatic carbocycles. The van der Waals surface area contributed by atoms with Gasteiger partial charge in [-0.25, -0.2) is 0 Å². The van der Waals surface area contributed by atoms with Gasteiger partial charge < -0.3 is 0 Å². The largest absolute Gasteiger partial charge is 0.0942 e. The summed E-state index contributed by atoms with van der Waals surface area (Å²) in [5.41, 5.74) is 0. The van der Waals surface area contributed by atoms with E-state index in [1.165, 1.54) is 230 Å². The highest BCUT2D eigenvalue weighted by Crippen LogP contribution is 2.25. The maximum atomic E-state index is 2.31. The average molecular weight is 599 g/mol. The Labute approximate surface area is 264 Å². The lowest BCUT2D eigenvalue weighted by Gasteiger charge is -2.04. The Balaban J connectivity index is 3.01. The smallest absolute Gasteiger partial charge is 0.00369 e. The summed E-state index contributed by atoms with van der Waals surface area (Å²) in [6.45, 7) is 4.62. The van der Waals surface area contributed by atoms with Crippen molar-refractivity contribution in [1.82, 2.24) is 0 Å². The minimum atomic E-state index is 1.37. The van der Waals surface area contributed by atoms with Gasteiger partial charge in [0.25, 0.3) is 0 Å². The molecule has 0 aliphatic heterocycles. The van der Waals surface area contributed by atoms with Gasteiger partial charge in [-0.15, -0.1) is 0 Å². The lowest BCUT2D eigenvalue weighted by molar-refractivity contribution is 0.529. The normalized spacial score (nSPS) is 11.6. The summed E-state index contributed by atoms with van der Waals surface area (Å²) < 4.78 is 0. The third-order valence-electron chi connectivity index (χ3n) is 8.75. The summed E-state index contributed by atoms with van der Waals surface area (Å²) in [6, 6.07) is 0. The number of hydrogen-bond acceptors (Lipinski definition) is 2. The predicted octanol–water partition coefficient (Wildman–Crippen LogP) is 15.7. The molecule has 0 nitrogen and oxygen atoms in total. The molecule has 0 atom stereocenters. The highest BCUT2D eigenvalue weighted by Gasteiger charge is 1.98. The van der Waals surface area contributed by atoms with E-state index in [2.05, 4.69) is 35.4 Å². The maximum absolute atomic E-state index is 2.31. The van der Waals surface area contributed by atoms with E-state index in [0.29, 0.717) is 0 Å². The quantitative estimate of drug-likeness (QED) is 0.0515. The fourth-order valence-electron chi connectivity index (χ4n) is 5.89. The molecular weight excluding hydrogens is 521 g/mol. The molecule has 0 heterocycles. The zero-order valence-corrected chi connectivity index (χ0v) is 29.9. The van der Waals surface area contributed by atoms with Gasteiger partial charge in [-0.1, -0.05) is 241 Å². The molecular formula is C38H78S2. The molecule has 0 rings (SSSR count). The van der Waals surface area contributed by atoms with Gasteiger partial charge >= 0.3 is 0 Å². The first-order valence-corrected chi connectivity index (χ1v) is 21.6. The van der Waals surface area contributed by atoms with Gasteiger partial charge in [-0.2, -0.15) is 0 Å². The van der Waals surface area contributed by atoms with Crippen LogP contribution in [-0.4, -0.2) is 11.5 Å². The van der Waals surface area contributed by atoms with Crippen LogP contribution < -0.4 is 0 Å². The zero-order chi connectivity index (χ0) is 28.9. The van der Waals surface area contributed by atoms with Gasteiger partial charge in [0.05, 0.1) is 0 Å². The molecule has 0 bridgehead atoms. The molecule has 2 heteroatoms. The van der Waals surface area contributed by atoms with Crippen LogP contribution in [0.2, 0.25) is 0 Å². The summed E-state index contributed by atoms with van der Waals surface area (Å²) in [5, 5.41) is 0. The molecule has 242 valence electrons. The minimum Gasteiger partial charge on any atom is -0.0942 e. The second-order valence-corrected chi connectivity index (χ2v) is 15.7. The molecule has 0 aliphatic carbocycles. The van der Waals surface area contributed by atoms with Crippen LogP contribution in [0.15, 0.2) is 0 Å². The predicted molar refractivity (Wildman–Crippen MR) is 193 cm³/mol. The van der Waals surface area contributed by atoms with Gasteiger partial charge in [0.15, 0.2) is 0 Å². The Morgan fingerprint density at radius 3 is 0.525 bits per heavy atom. The van der Waals surface area contributed by atoms with Gasteiger partial charge in [-0.05, 0) is 12.8 Å². The van der Waals surface area contributed by atoms with Gasteiger partial charge in [0, 0.05) is 11.5 Å². The second-order valence-electron chi connectivity index (χ2n) is 13.0. The maximum Gasteiger partial charge on any atom is 0.00369 e. The van der Waals surface area contributed by atoms with Crippen molar-refractivity contribution >= 4 is 21.6 Å². The summed E-state index contributed by atoms with van der Waals surface area (Å²) in [4.78, 5) is 0. The van der Waals surface area contributed by atoms with Crippen LogP contribution >= 0.6 is 21.6 Å². The average Bonchev–Trinajstić information content (AvgIpc) is 2.97. The van der Waals surface area contributed by atoms with Crippen molar-refractivity contribution in [2.75, 3.05) is 11.5 Å². The van der Waals surface area contributed by atoms with Crippen LogP contribution in [0.25, 0.3) is 0 Å². The summed E-state index contributed by atoms with van der Waals surface area (Å²) in [5.74, 6) is 2.75. The molecule has 0 unspecified atom stereocenters. The molecule has 40 heavy (non-hydrogen) atoms. The van der Waals surface area contributed by atoms with Crippen molar-refractivity contribution in [1.29, 1.82) is 0 Å². The van der Waals surface area contributed by atoms with E-state index in [1.807, 2.05) is 0 Å². The molecule has 0 saturated heterocycles. The van der Waals surface area contributed by atoms with Crippen molar-refractivity contribution in [2.45, 2.75) is 232 Å². The van der Waals surface area contributed by atoms with E-state index in [-0.39, 0.29) is 0 Å². The van der Waals surface area contributed by atoms with E-state index in [4.69, 9.17) is 0 Å². The first kappa shape index (κ1) is 40.7. The molecule has 0 N–H and O–H groups in total. The van der Waals surface area contributed by atoms with Crippen molar-refractivity contribution < 1.29 is 0 Å². The lowest BCUT2D eigenvalue weighted by Crippen LogP contribution is -1.85. The molecule has 0 radical (unpaired) electrons. The highest BCUT2D eigenvalue weighted by molar-refractivity contribution is 8.76. The topological polar surface area (TPSA) is 0 Å². The summed E-state index contributed by atoms with van der Waals surface area (Å²) >= 11 is 0. The number of rotatable bonds is 37. The van der Waals surface area contributed by atoms with Gasteiger partial charge in [-0.3, -0.25) is 0 Å². The molecule has 0 spiro atoms. The first-order valence-electron chi connectivity index (χ1n) is 19.2. The fourth-order valence-corrected chi connectivity index (χ4v) is 8.18.